The number of fused-ring (bicyclic) bond motifs is 6. The normalized spacial score (nSPS) is 14.5. The van der Waals surface area contributed by atoms with Crippen LogP contribution in [0.4, 0.5) is 5.69 Å². The zero-order valence-corrected chi connectivity index (χ0v) is 40.5. The Hall–Kier alpha value is -9.04. The van der Waals surface area contributed by atoms with Gasteiger partial charge in [-0.3, -0.25) is 0 Å². The van der Waals surface area contributed by atoms with E-state index in [2.05, 4.69) is 272 Å². The fourth-order valence-corrected chi connectivity index (χ4v) is 12.2. The largest absolute Gasteiger partial charge is 0.338 e. The standard InChI is InChI=1S/C72H51N/c1-3-26-58(27-4-1)73(59-28-5-2-6-29-59)60-30-18-25-55(46-60)70-63-33-13-11-31-61(63)69(62-32-12-14-34-64(62)70)54-24-17-23-52(45-54)53-41-42-67-68(47-53)72(57-40-38-49-20-8-10-22-51(49)44-57)66-36-16-15-35-65(66)71(67)56-39-37-48-19-7-9-21-50(48)43-56/h1-5,7-26,28,30-47,58H,6,27,29H2. The van der Waals surface area contributed by atoms with Crippen molar-refractivity contribution in [3.63, 3.8) is 0 Å². The second-order valence-corrected chi connectivity index (χ2v) is 19.8. The number of anilines is 1. The van der Waals surface area contributed by atoms with Crippen LogP contribution < -0.4 is 4.90 Å². The summed E-state index contributed by atoms with van der Waals surface area (Å²) in [5.41, 5.74) is 14.9. The smallest absolute Gasteiger partial charge is 0.0556 e. The molecule has 1 atom stereocenters. The van der Waals surface area contributed by atoms with Crippen molar-refractivity contribution in [1.29, 1.82) is 0 Å². The van der Waals surface area contributed by atoms with E-state index in [0.717, 1.165) is 19.3 Å². The summed E-state index contributed by atoms with van der Waals surface area (Å²) >= 11 is 0. The molecule has 0 heterocycles. The maximum Gasteiger partial charge on any atom is 0.0556 e. The van der Waals surface area contributed by atoms with E-state index in [1.165, 1.54) is 132 Å². The number of benzene rings is 12. The third-order valence-electron chi connectivity index (χ3n) is 15.5. The van der Waals surface area contributed by atoms with Gasteiger partial charge in [0.05, 0.1) is 6.04 Å². The zero-order chi connectivity index (χ0) is 48.2. The topological polar surface area (TPSA) is 3.24 Å². The first-order valence-corrected chi connectivity index (χ1v) is 25.8. The molecule has 1 unspecified atom stereocenters. The van der Waals surface area contributed by atoms with E-state index in [9.17, 15) is 0 Å². The van der Waals surface area contributed by atoms with Gasteiger partial charge in [-0.2, -0.15) is 0 Å². The average Bonchev–Trinajstić information content (AvgIpc) is 3.46. The molecule has 2 aliphatic carbocycles. The molecule has 0 radical (unpaired) electrons. The summed E-state index contributed by atoms with van der Waals surface area (Å²) in [6.45, 7) is 0. The van der Waals surface area contributed by atoms with E-state index in [1.54, 1.807) is 0 Å². The molecule has 14 rings (SSSR count). The summed E-state index contributed by atoms with van der Waals surface area (Å²) in [5.74, 6) is 0. The molecule has 0 amide bonds. The Morgan fingerprint density at radius 2 is 0.781 bits per heavy atom. The molecule has 73 heavy (non-hydrogen) atoms. The van der Waals surface area contributed by atoms with Crippen molar-refractivity contribution in [3.05, 3.63) is 273 Å². The van der Waals surface area contributed by atoms with Gasteiger partial charge < -0.3 is 4.90 Å². The molecule has 0 N–H and O–H groups in total. The minimum absolute atomic E-state index is 0.264. The Morgan fingerprint density at radius 1 is 0.315 bits per heavy atom. The Morgan fingerprint density at radius 3 is 1.33 bits per heavy atom. The Labute approximate surface area is 426 Å². The highest BCUT2D eigenvalue weighted by atomic mass is 15.2. The number of allylic oxidation sites excluding steroid dienone is 6. The van der Waals surface area contributed by atoms with Gasteiger partial charge in [0.1, 0.15) is 0 Å². The number of hydrogen-bond acceptors (Lipinski definition) is 1. The van der Waals surface area contributed by atoms with Crippen LogP contribution in [0.5, 0.6) is 0 Å². The van der Waals surface area contributed by atoms with Gasteiger partial charge in [0.25, 0.3) is 0 Å². The highest BCUT2D eigenvalue weighted by Gasteiger charge is 2.24. The maximum absolute atomic E-state index is 2.57. The maximum atomic E-state index is 2.57. The fourth-order valence-electron chi connectivity index (χ4n) is 12.2. The van der Waals surface area contributed by atoms with Crippen molar-refractivity contribution in [2.45, 2.75) is 25.3 Å². The second-order valence-electron chi connectivity index (χ2n) is 19.8. The first-order valence-electron chi connectivity index (χ1n) is 25.8. The lowest BCUT2D eigenvalue weighted by Gasteiger charge is -2.35. The third-order valence-corrected chi connectivity index (χ3v) is 15.5. The van der Waals surface area contributed by atoms with Crippen molar-refractivity contribution in [2.75, 3.05) is 4.90 Å². The molecule has 0 aromatic heterocycles. The molecule has 0 spiro atoms. The summed E-state index contributed by atoms with van der Waals surface area (Å²) in [5, 5.41) is 15.0. The Kier molecular flexibility index (Phi) is 10.5. The van der Waals surface area contributed by atoms with E-state index in [0.29, 0.717) is 0 Å². The van der Waals surface area contributed by atoms with E-state index in [-0.39, 0.29) is 6.04 Å². The molecule has 1 nitrogen and oxygen atoms in total. The fraction of sp³-hybridized carbons (Fsp3) is 0.0556. The number of nitrogens with zero attached hydrogens (tertiary/aromatic N) is 1. The van der Waals surface area contributed by atoms with E-state index in [4.69, 9.17) is 0 Å². The van der Waals surface area contributed by atoms with Crippen LogP contribution in [0.25, 0.3) is 120 Å². The van der Waals surface area contributed by atoms with Crippen LogP contribution in [0.1, 0.15) is 19.3 Å². The average molecular weight is 930 g/mol. The van der Waals surface area contributed by atoms with Crippen molar-refractivity contribution in [3.8, 4) is 55.6 Å². The first kappa shape index (κ1) is 42.8. The van der Waals surface area contributed by atoms with E-state index < -0.39 is 0 Å². The van der Waals surface area contributed by atoms with Gasteiger partial charge >= 0.3 is 0 Å². The van der Waals surface area contributed by atoms with Crippen molar-refractivity contribution in [2.24, 2.45) is 0 Å². The quantitative estimate of drug-likeness (QED) is 0.137. The van der Waals surface area contributed by atoms with Gasteiger partial charge in [-0.15, -0.1) is 0 Å². The second kappa shape index (κ2) is 18.0. The SMILES string of the molecule is C1=CCCC(N(c2cccc(-c3c4ccccc4c(-c4cccc(-c5ccc6c(-c7ccc8ccccc8c7)c7ccccc7c(-c7ccc8ccccc8c7)c6c5)c4)c4ccccc34)c2)C2C=CC=CC2)=C1. The van der Waals surface area contributed by atoms with Crippen molar-refractivity contribution < 1.29 is 0 Å². The van der Waals surface area contributed by atoms with Crippen LogP contribution in [0, 0.1) is 0 Å². The molecular formula is C72H51N. The van der Waals surface area contributed by atoms with Gasteiger partial charge in [-0.1, -0.05) is 225 Å². The van der Waals surface area contributed by atoms with Crippen LogP contribution in [0.3, 0.4) is 0 Å². The minimum Gasteiger partial charge on any atom is -0.338 e. The zero-order valence-electron chi connectivity index (χ0n) is 40.5. The van der Waals surface area contributed by atoms with E-state index in [1.807, 2.05) is 0 Å². The molecule has 0 bridgehead atoms. The van der Waals surface area contributed by atoms with Gasteiger partial charge in [0.15, 0.2) is 0 Å². The summed E-state index contributed by atoms with van der Waals surface area (Å²) in [6, 6.07) is 84.5. The summed E-state index contributed by atoms with van der Waals surface area (Å²) in [7, 11) is 0. The monoisotopic (exact) mass is 929 g/mol. The van der Waals surface area contributed by atoms with Crippen LogP contribution in [-0.4, -0.2) is 6.04 Å². The molecule has 0 fully saturated rings. The Bertz CT molecular complexity index is 4260. The van der Waals surface area contributed by atoms with Crippen LogP contribution in [0.2, 0.25) is 0 Å². The molecule has 2 aliphatic rings. The minimum atomic E-state index is 0.264. The summed E-state index contributed by atoms with van der Waals surface area (Å²) in [6.07, 6.45) is 18.9. The molecule has 0 aliphatic heterocycles. The lowest BCUT2D eigenvalue weighted by atomic mass is 9.83. The molecule has 12 aromatic carbocycles. The van der Waals surface area contributed by atoms with Gasteiger partial charge in [0, 0.05) is 11.4 Å². The van der Waals surface area contributed by atoms with Crippen LogP contribution in [0.15, 0.2) is 273 Å². The third kappa shape index (κ3) is 7.47. The predicted octanol–water partition coefficient (Wildman–Crippen LogP) is 19.9. The molecule has 12 aromatic rings. The van der Waals surface area contributed by atoms with Crippen molar-refractivity contribution >= 4 is 70.3 Å². The molecule has 344 valence electrons. The number of rotatable bonds is 8. The van der Waals surface area contributed by atoms with Crippen molar-refractivity contribution in [1.82, 2.24) is 0 Å². The van der Waals surface area contributed by atoms with Crippen LogP contribution >= 0.6 is 0 Å². The summed E-state index contributed by atoms with van der Waals surface area (Å²) < 4.78 is 0. The Balaban J connectivity index is 0.952. The molecular weight excluding hydrogens is 879 g/mol. The highest BCUT2D eigenvalue weighted by Crippen LogP contribution is 2.48. The predicted molar refractivity (Wildman–Crippen MR) is 314 cm³/mol. The van der Waals surface area contributed by atoms with Crippen LogP contribution in [-0.2, 0) is 0 Å². The van der Waals surface area contributed by atoms with Gasteiger partial charge in [0.2, 0.25) is 0 Å². The highest BCUT2D eigenvalue weighted by molar-refractivity contribution is 6.24. The van der Waals surface area contributed by atoms with Gasteiger partial charge in [-0.05, 0) is 182 Å². The summed E-state index contributed by atoms with van der Waals surface area (Å²) in [4.78, 5) is 2.57. The lowest BCUT2D eigenvalue weighted by Crippen LogP contribution is -2.34. The number of hydrogen-bond donors (Lipinski definition) is 0. The molecule has 0 saturated heterocycles. The van der Waals surface area contributed by atoms with E-state index >= 15 is 0 Å². The molecule has 1 heteroatoms. The molecule has 0 saturated carbocycles. The van der Waals surface area contributed by atoms with Gasteiger partial charge in [-0.25, -0.2) is 0 Å². The first-order chi connectivity index (χ1) is 36.2. The lowest BCUT2D eigenvalue weighted by molar-refractivity contribution is 0.720.